The fourth-order valence-corrected chi connectivity index (χ4v) is 2.36. The number of hydrogen-bond acceptors (Lipinski definition) is 3. The van der Waals surface area contributed by atoms with E-state index >= 15 is 0 Å². The van der Waals surface area contributed by atoms with E-state index in [1.54, 1.807) is 0 Å². The first kappa shape index (κ1) is 15.6. The van der Waals surface area contributed by atoms with Gasteiger partial charge >= 0.3 is 0 Å². The summed E-state index contributed by atoms with van der Waals surface area (Å²) in [6.07, 6.45) is 1.87. The highest BCUT2D eigenvalue weighted by Crippen LogP contribution is 2.17. The number of aryl methyl sites for hydroxylation is 2. The van der Waals surface area contributed by atoms with Crippen LogP contribution in [0.15, 0.2) is 30.3 Å². The third kappa shape index (κ3) is 4.33. The predicted octanol–water partition coefficient (Wildman–Crippen LogP) is 3.07. The van der Waals surface area contributed by atoms with Crippen molar-refractivity contribution in [3.8, 4) is 5.75 Å². The van der Waals surface area contributed by atoms with Crippen molar-refractivity contribution in [1.29, 1.82) is 0 Å². The molecule has 0 saturated heterocycles. The average Bonchev–Trinajstić information content (AvgIpc) is 2.85. The van der Waals surface area contributed by atoms with E-state index in [9.17, 15) is 0 Å². The summed E-state index contributed by atoms with van der Waals surface area (Å²) in [6, 6.07) is 10.5. The minimum Gasteiger partial charge on any atom is -0.487 e. The molecular weight excluding hydrogens is 262 g/mol. The number of ether oxygens (including phenoxy) is 1. The molecule has 1 atom stereocenters. The minimum atomic E-state index is 0.212. The van der Waals surface area contributed by atoms with Crippen LogP contribution in [-0.4, -0.2) is 15.8 Å². The van der Waals surface area contributed by atoms with Crippen molar-refractivity contribution in [2.75, 3.05) is 0 Å². The molecule has 0 bridgehead atoms. The van der Waals surface area contributed by atoms with Gasteiger partial charge in [-0.05, 0) is 50.5 Å². The maximum atomic E-state index is 6.01. The van der Waals surface area contributed by atoms with Crippen molar-refractivity contribution >= 4 is 0 Å². The van der Waals surface area contributed by atoms with Gasteiger partial charge in [0.1, 0.15) is 12.4 Å². The summed E-state index contributed by atoms with van der Waals surface area (Å²) in [5.74, 6) is 0.886. The van der Waals surface area contributed by atoms with E-state index in [1.807, 2.05) is 23.7 Å². The molecule has 2 aromatic rings. The van der Waals surface area contributed by atoms with Crippen LogP contribution in [0.5, 0.6) is 5.75 Å². The van der Waals surface area contributed by atoms with E-state index in [1.165, 1.54) is 5.56 Å². The lowest BCUT2D eigenvalue weighted by molar-refractivity contribution is 0.292. The van der Waals surface area contributed by atoms with E-state index in [2.05, 4.69) is 37.1 Å². The second kappa shape index (κ2) is 7.27. The van der Waals surface area contributed by atoms with Gasteiger partial charge in [0.05, 0.1) is 11.4 Å². The number of hydrogen-bond donors (Lipinski definition) is 1. The Hall–Kier alpha value is -1.81. The molecule has 1 heterocycles. The summed E-state index contributed by atoms with van der Waals surface area (Å²) in [5, 5.41) is 4.43. The fourth-order valence-electron chi connectivity index (χ4n) is 2.36. The molecule has 1 aromatic carbocycles. The Balaban J connectivity index is 2.01. The van der Waals surface area contributed by atoms with Crippen LogP contribution in [0.1, 0.15) is 37.2 Å². The molecule has 114 valence electrons. The smallest absolute Gasteiger partial charge is 0.130 e. The molecule has 4 nitrogen and oxygen atoms in total. The van der Waals surface area contributed by atoms with Gasteiger partial charge in [0, 0.05) is 12.6 Å². The van der Waals surface area contributed by atoms with Crippen LogP contribution in [-0.2, 0) is 19.6 Å². The molecule has 1 aromatic heterocycles. The van der Waals surface area contributed by atoms with Crippen LogP contribution in [0.4, 0.5) is 0 Å². The second-order valence-electron chi connectivity index (χ2n) is 5.40. The molecule has 0 spiro atoms. The molecule has 0 fully saturated rings. The number of nitrogens with zero attached hydrogens (tertiary/aromatic N) is 2. The third-order valence-corrected chi connectivity index (χ3v) is 3.59. The average molecular weight is 287 g/mol. The Labute approximate surface area is 126 Å². The van der Waals surface area contributed by atoms with Crippen LogP contribution in [0.25, 0.3) is 0 Å². The Morgan fingerprint density at radius 3 is 2.81 bits per heavy atom. The molecule has 0 amide bonds. The van der Waals surface area contributed by atoms with Gasteiger partial charge in [-0.25, -0.2) is 0 Å². The molecule has 0 saturated carbocycles. The Morgan fingerprint density at radius 1 is 1.29 bits per heavy atom. The quantitative estimate of drug-likeness (QED) is 0.851. The Morgan fingerprint density at radius 2 is 2.10 bits per heavy atom. The van der Waals surface area contributed by atoms with Crippen LogP contribution in [0.2, 0.25) is 0 Å². The first-order valence-electron chi connectivity index (χ1n) is 7.63. The standard InChI is InChI=1S/C17H25N3O/c1-4-15(18)10-14-7-6-8-17(11-14)21-12-16-9-13(3)19-20(16)5-2/h6-9,11,15H,4-5,10,12,18H2,1-3H3. The van der Waals surface area contributed by atoms with Gasteiger partial charge in [0.2, 0.25) is 0 Å². The van der Waals surface area contributed by atoms with Crippen LogP contribution in [0, 0.1) is 6.92 Å². The third-order valence-electron chi connectivity index (χ3n) is 3.59. The van der Waals surface area contributed by atoms with Crippen LogP contribution < -0.4 is 10.5 Å². The summed E-state index contributed by atoms with van der Waals surface area (Å²) >= 11 is 0. The van der Waals surface area contributed by atoms with E-state index in [0.29, 0.717) is 6.61 Å². The summed E-state index contributed by atoms with van der Waals surface area (Å²) in [5.41, 5.74) is 9.36. The lowest BCUT2D eigenvalue weighted by Gasteiger charge is -2.11. The highest BCUT2D eigenvalue weighted by molar-refractivity contribution is 5.29. The van der Waals surface area contributed by atoms with Crippen molar-refractivity contribution in [3.05, 3.63) is 47.3 Å². The number of nitrogens with two attached hydrogens (primary N) is 1. The fraction of sp³-hybridized carbons (Fsp3) is 0.471. The molecule has 1 unspecified atom stereocenters. The zero-order valence-corrected chi connectivity index (χ0v) is 13.2. The zero-order valence-electron chi connectivity index (χ0n) is 13.2. The van der Waals surface area contributed by atoms with Crippen molar-refractivity contribution in [2.24, 2.45) is 5.73 Å². The summed E-state index contributed by atoms with van der Waals surface area (Å²) in [7, 11) is 0. The van der Waals surface area contributed by atoms with Gasteiger partial charge in [-0.1, -0.05) is 19.1 Å². The predicted molar refractivity (Wildman–Crippen MR) is 85.4 cm³/mol. The topological polar surface area (TPSA) is 53.1 Å². The molecule has 21 heavy (non-hydrogen) atoms. The normalized spacial score (nSPS) is 12.4. The second-order valence-corrected chi connectivity index (χ2v) is 5.40. The van der Waals surface area contributed by atoms with E-state index in [4.69, 9.17) is 10.5 Å². The van der Waals surface area contributed by atoms with Gasteiger partial charge in [0.25, 0.3) is 0 Å². The number of benzene rings is 1. The van der Waals surface area contributed by atoms with Gasteiger partial charge in [-0.3, -0.25) is 4.68 Å². The highest BCUT2D eigenvalue weighted by Gasteiger charge is 2.06. The highest BCUT2D eigenvalue weighted by atomic mass is 16.5. The van der Waals surface area contributed by atoms with Gasteiger partial charge in [0.15, 0.2) is 0 Å². The maximum Gasteiger partial charge on any atom is 0.130 e. The van der Waals surface area contributed by atoms with Crippen molar-refractivity contribution < 1.29 is 4.74 Å². The first-order chi connectivity index (χ1) is 10.1. The summed E-state index contributed by atoms with van der Waals surface area (Å²) in [4.78, 5) is 0. The van der Waals surface area contributed by atoms with Crippen molar-refractivity contribution in [1.82, 2.24) is 9.78 Å². The van der Waals surface area contributed by atoms with Crippen molar-refractivity contribution in [2.45, 2.75) is 52.8 Å². The molecule has 0 aliphatic carbocycles. The summed E-state index contributed by atoms with van der Waals surface area (Å²) < 4.78 is 7.88. The zero-order chi connectivity index (χ0) is 15.2. The van der Waals surface area contributed by atoms with E-state index in [0.717, 1.165) is 36.5 Å². The molecule has 4 heteroatoms. The lowest BCUT2D eigenvalue weighted by Crippen LogP contribution is -2.21. The van der Waals surface area contributed by atoms with Crippen LogP contribution in [0.3, 0.4) is 0 Å². The number of rotatable bonds is 7. The monoisotopic (exact) mass is 287 g/mol. The number of aromatic nitrogens is 2. The maximum absolute atomic E-state index is 6.01. The van der Waals surface area contributed by atoms with Gasteiger partial charge < -0.3 is 10.5 Å². The minimum absolute atomic E-state index is 0.212. The SMILES string of the molecule is CCC(N)Cc1cccc(OCc2cc(C)nn2CC)c1. The Kier molecular flexibility index (Phi) is 5.39. The molecule has 2 N–H and O–H groups in total. The van der Waals surface area contributed by atoms with E-state index < -0.39 is 0 Å². The molecular formula is C17H25N3O. The van der Waals surface area contributed by atoms with E-state index in [-0.39, 0.29) is 6.04 Å². The largest absolute Gasteiger partial charge is 0.487 e. The van der Waals surface area contributed by atoms with Gasteiger partial charge in [-0.2, -0.15) is 5.10 Å². The molecule has 0 radical (unpaired) electrons. The summed E-state index contributed by atoms with van der Waals surface area (Å²) in [6.45, 7) is 7.60. The molecule has 0 aliphatic rings. The Bertz CT molecular complexity index is 577. The first-order valence-corrected chi connectivity index (χ1v) is 7.63. The van der Waals surface area contributed by atoms with Crippen molar-refractivity contribution in [3.63, 3.8) is 0 Å². The van der Waals surface area contributed by atoms with Gasteiger partial charge in [-0.15, -0.1) is 0 Å². The lowest BCUT2D eigenvalue weighted by atomic mass is 10.0. The molecule has 2 rings (SSSR count). The molecule has 0 aliphatic heterocycles. The van der Waals surface area contributed by atoms with Crippen LogP contribution >= 0.6 is 0 Å².